The van der Waals surface area contributed by atoms with Crippen LogP contribution in [0.4, 0.5) is 0 Å². The SMILES string of the molecule is COc1ccc(C[N+](C)(C[C@H](O)CNC(=O)c2ccc(C(=O)N3CCOCC3)cc2)C2Cc3ccccc3C2)c(OC)c1. The molecule has 5 rings (SSSR count). The molecule has 0 aromatic heterocycles. The van der Waals surface area contributed by atoms with E-state index in [-0.39, 0.29) is 24.4 Å². The minimum absolute atomic E-state index is 0.0645. The highest BCUT2D eigenvalue weighted by Gasteiger charge is 2.39. The van der Waals surface area contributed by atoms with E-state index in [0.29, 0.717) is 55.0 Å². The molecule has 2 aliphatic rings. The Morgan fingerprint density at radius 1 is 0.977 bits per heavy atom. The van der Waals surface area contributed by atoms with Gasteiger partial charge in [0.15, 0.2) is 0 Å². The summed E-state index contributed by atoms with van der Waals surface area (Å²) in [6, 6.07) is 21.3. The molecule has 1 saturated heterocycles. The van der Waals surface area contributed by atoms with E-state index in [1.165, 1.54) is 11.1 Å². The van der Waals surface area contributed by atoms with Gasteiger partial charge in [-0.25, -0.2) is 0 Å². The minimum atomic E-state index is -0.774. The summed E-state index contributed by atoms with van der Waals surface area (Å²) in [5.41, 5.74) is 4.70. The zero-order valence-electron chi connectivity index (χ0n) is 25.3. The van der Waals surface area contributed by atoms with Crippen molar-refractivity contribution in [2.45, 2.75) is 31.5 Å². The summed E-state index contributed by atoms with van der Waals surface area (Å²) in [6.07, 6.45) is 1.06. The van der Waals surface area contributed by atoms with Crippen molar-refractivity contribution in [3.8, 4) is 11.5 Å². The van der Waals surface area contributed by atoms with Gasteiger partial charge in [-0.05, 0) is 47.5 Å². The highest BCUT2D eigenvalue weighted by molar-refractivity contribution is 5.97. The molecule has 2 atom stereocenters. The maximum atomic E-state index is 13.0. The van der Waals surface area contributed by atoms with Gasteiger partial charge in [-0.1, -0.05) is 24.3 Å². The quantitative estimate of drug-likeness (QED) is 0.334. The van der Waals surface area contributed by atoms with Gasteiger partial charge in [-0.2, -0.15) is 0 Å². The van der Waals surface area contributed by atoms with Crippen LogP contribution in [0.15, 0.2) is 66.7 Å². The number of fused-ring (bicyclic) bond motifs is 1. The van der Waals surface area contributed by atoms with Crippen molar-refractivity contribution in [3.05, 3.63) is 94.5 Å². The summed E-state index contributed by atoms with van der Waals surface area (Å²) in [7, 11) is 5.47. The van der Waals surface area contributed by atoms with E-state index in [2.05, 4.69) is 36.6 Å². The molecule has 43 heavy (non-hydrogen) atoms. The number of ether oxygens (including phenoxy) is 3. The third-order valence-electron chi connectivity index (χ3n) is 8.76. The highest BCUT2D eigenvalue weighted by atomic mass is 16.5. The number of hydrogen-bond acceptors (Lipinski definition) is 6. The molecular weight excluding hydrogens is 546 g/mol. The van der Waals surface area contributed by atoms with Crippen LogP contribution in [0.25, 0.3) is 0 Å². The van der Waals surface area contributed by atoms with E-state index in [1.807, 2.05) is 18.2 Å². The largest absolute Gasteiger partial charge is 0.497 e. The van der Waals surface area contributed by atoms with Crippen molar-refractivity contribution in [2.75, 3.05) is 60.7 Å². The standard InChI is InChI=1S/C34H41N3O6/c1-37(29-18-26-6-4-5-7-27(26)19-29,22-28-12-13-31(41-2)20-32(28)42-3)23-30(38)21-35-33(39)24-8-10-25(11-9-24)34(40)36-14-16-43-17-15-36/h4-13,20,29-30,38H,14-19,21-23H2,1-3H3/p+1/t30-,37?/m1/s1. The first-order valence-corrected chi connectivity index (χ1v) is 14.8. The lowest BCUT2D eigenvalue weighted by Gasteiger charge is -2.42. The maximum absolute atomic E-state index is 13.0. The molecule has 9 nitrogen and oxygen atoms in total. The highest BCUT2D eigenvalue weighted by Crippen LogP contribution is 2.34. The number of nitrogens with one attached hydrogen (secondary N) is 1. The average molecular weight is 589 g/mol. The van der Waals surface area contributed by atoms with Crippen LogP contribution in [0.1, 0.15) is 37.4 Å². The number of nitrogens with zero attached hydrogens (tertiary/aromatic N) is 2. The fourth-order valence-corrected chi connectivity index (χ4v) is 6.26. The van der Waals surface area contributed by atoms with Crippen molar-refractivity contribution in [3.63, 3.8) is 0 Å². The number of carbonyl (C=O) groups excluding carboxylic acids is 2. The second-order valence-corrected chi connectivity index (χ2v) is 11.7. The van der Waals surface area contributed by atoms with Gasteiger partial charge >= 0.3 is 0 Å². The molecule has 228 valence electrons. The first-order chi connectivity index (χ1) is 20.8. The molecule has 0 saturated carbocycles. The predicted molar refractivity (Wildman–Crippen MR) is 163 cm³/mol. The fourth-order valence-electron chi connectivity index (χ4n) is 6.26. The summed E-state index contributed by atoms with van der Waals surface area (Å²) in [4.78, 5) is 27.5. The van der Waals surface area contributed by atoms with E-state index in [9.17, 15) is 14.7 Å². The van der Waals surface area contributed by atoms with Crippen molar-refractivity contribution in [1.29, 1.82) is 0 Å². The number of hydrogen-bond donors (Lipinski definition) is 2. The number of rotatable bonds is 11. The summed E-state index contributed by atoms with van der Waals surface area (Å²) in [6.45, 7) is 3.40. The van der Waals surface area contributed by atoms with Crippen LogP contribution in [-0.2, 0) is 24.1 Å². The number of amides is 2. The zero-order valence-corrected chi connectivity index (χ0v) is 25.3. The number of aliphatic hydroxyl groups is 1. The van der Waals surface area contributed by atoms with Crippen molar-refractivity contribution in [1.82, 2.24) is 10.2 Å². The van der Waals surface area contributed by atoms with Crippen LogP contribution in [0, 0.1) is 0 Å². The Balaban J connectivity index is 1.25. The van der Waals surface area contributed by atoms with Crippen LogP contribution >= 0.6 is 0 Å². The lowest BCUT2D eigenvalue weighted by molar-refractivity contribution is -0.947. The lowest BCUT2D eigenvalue weighted by Crippen LogP contribution is -2.57. The molecule has 0 spiro atoms. The fraction of sp³-hybridized carbons (Fsp3) is 0.412. The van der Waals surface area contributed by atoms with Crippen LogP contribution in [0.2, 0.25) is 0 Å². The molecule has 9 heteroatoms. The van der Waals surface area contributed by atoms with E-state index in [0.717, 1.165) is 29.9 Å². The Bertz CT molecular complexity index is 1400. The first kappa shape index (κ1) is 30.5. The first-order valence-electron chi connectivity index (χ1n) is 14.8. The van der Waals surface area contributed by atoms with Crippen LogP contribution < -0.4 is 14.8 Å². The van der Waals surface area contributed by atoms with E-state index < -0.39 is 6.10 Å². The van der Waals surface area contributed by atoms with Crippen LogP contribution in [-0.4, -0.2) is 99.1 Å². The van der Waals surface area contributed by atoms with Crippen LogP contribution in [0.3, 0.4) is 0 Å². The summed E-state index contributed by atoms with van der Waals surface area (Å²) in [5.74, 6) is 1.12. The van der Waals surface area contributed by atoms with Gasteiger partial charge in [0.25, 0.3) is 11.8 Å². The van der Waals surface area contributed by atoms with Gasteiger partial charge < -0.3 is 34.0 Å². The molecule has 1 unspecified atom stereocenters. The third kappa shape index (κ3) is 7.18. The number of methoxy groups -OCH3 is 2. The topological polar surface area (TPSA) is 97.3 Å². The summed E-state index contributed by atoms with van der Waals surface area (Å²) in [5, 5.41) is 14.2. The second kappa shape index (κ2) is 13.6. The predicted octanol–water partition coefficient (Wildman–Crippen LogP) is 3.08. The zero-order chi connectivity index (χ0) is 30.4. The molecule has 3 aromatic carbocycles. The molecule has 2 N–H and O–H groups in total. The average Bonchev–Trinajstić information content (AvgIpc) is 3.49. The molecule has 1 fully saturated rings. The van der Waals surface area contributed by atoms with Crippen molar-refractivity contribution in [2.24, 2.45) is 0 Å². The number of carbonyl (C=O) groups is 2. The molecule has 1 heterocycles. The lowest BCUT2D eigenvalue weighted by atomic mass is 10.0. The Morgan fingerprint density at radius 2 is 1.63 bits per heavy atom. The van der Waals surface area contributed by atoms with E-state index in [1.54, 1.807) is 43.4 Å². The molecule has 0 radical (unpaired) electrons. The Kier molecular flexibility index (Phi) is 9.65. The Hall–Kier alpha value is -3.92. The maximum Gasteiger partial charge on any atom is 0.254 e. The summed E-state index contributed by atoms with van der Waals surface area (Å²) >= 11 is 0. The second-order valence-electron chi connectivity index (χ2n) is 11.7. The van der Waals surface area contributed by atoms with Crippen LogP contribution in [0.5, 0.6) is 11.5 Å². The number of benzene rings is 3. The molecular formula is C34H42N3O6+. The normalized spacial score (nSPS) is 17.1. The van der Waals surface area contributed by atoms with Crippen molar-refractivity contribution >= 4 is 11.8 Å². The molecule has 0 bridgehead atoms. The van der Waals surface area contributed by atoms with E-state index in [4.69, 9.17) is 14.2 Å². The van der Waals surface area contributed by atoms with E-state index >= 15 is 0 Å². The minimum Gasteiger partial charge on any atom is -0.497 e. The van der Waals surface area contributed by atoms with Gasteiger partial charge in [-0.3, -0.25) is 9.59 Å². The van der Waals surface area contributed by atoms with Gasteiger partial charge in [0.1, 0.15) is 30.7 Å². The van der Waals surface area contributed by atoms with Gasteiger partial charge in [0.05, 0.1) is 40.5 Å². The third-order valence-corrected chi connectivity index (χ3v) is 8.76. The number of likely N-dealkylation sites (N-methyl/N-ethyl adjacent to an activating group) is 1. The molecule has 1 aliphatic carbocycles. The summed E-state index contributed by atoms with van der Waals surface area (Å²) < 4.78 is 17.0. The molecule has 3 aromatic rings. The molecule has 2 amide bonds. The van der Waals surface area contributed by atoms with Gasteiger partial charge in [0.2, 0.25) is 0 Å². The van der Waals surface area contributed by atoms with Gasteiger partial charge in [-0.15, -0.1) is 0 Å². The number of morpholine rings is 1. The monoisotopic (exact) mass is 588 g/mol. The number of aliphatic hydroxyl groups excluding tert-OH is 1. The smallest absolute Gasteiger partial charge is 0.254 e. The number of quaternary nitrogens is 1. The van der Waals surface area contributed by atoms with Gasteiger partial charge in [0, 0.05) is 55.2 Å². The Labute approximate surface area is 253 Å². The molecule has 1 aliphatic heterocycles. The Morgan fingerprint density at radius 3 is 2.26 bits per heavy atom. The van der Waals surface area contributed by atoms with Crippen molar-refractivity contribution < 1.29 is 33.4 Å².